The third-order valence-corrected chi connectivity index (χ3v) is 3.25. The van der Waals surface area contributed by atoms with Crippen molar-refractivity contribution in [2.45, 2.75) is 34.1 Å². The smallest absolute Gasteiger partial charge is 0.204 e. The number of aliphatic imine (C=N–C) groups is 1. The molecule has 1 heterocycles. The second kappa shape index (κ2) is 6.03. The average Bonchev–Trinajstić information content (AvgIpc) is 2.64. The Morgan fingerprint density at radius 3 is 2.55 bits per heavy atom. The lowest BCUT2D eigenvalue weighted by Crippen LogP contribution is -2.08. The maximum absolute atomic E-state index is 11.7. The summed E-state index contributed by atoms with van der Waals surface area (Å²) in [5.41, 5.74) is 1.65. The van der Waals surface area contributed by atoms with Crippen LogP contribution < -0.4 is 5.32 Å². The van der Waals surface area contributed by atoms with Gasteiger partial charge in [-0.25, -0.2) is 4.99 Å². The van der Waals surface area contributed by atoms with Crippen LogP contribution in [0.15, 0.2) is 17.1 Å². The molecule has 20 heavy (non-hydrogen) atoms. The summed E-state index contributed by atoms with van der Waals surface area (Å²) in [6, 6.07) is 0. The van der Waals surface area contributed by atoms with Crippen molar-refractivity contribution in [2.24, 2.45) is 17.5 Å². The molecule has 0 aliphatic carbocycles. The topological polar surface area (TPSA) is 59.3 Å². The van der Waals surface area contributed by atoms with E-state index < -0.39 is 0 Å². The summed E-state index contributed by atoms with van der Waals surface area (Å²) in [4.78, 5) is 20.3. The van der Waals surface area contributed by atoms with E-state index in [-0.39, 0.29) is 11.2 Å². The van der Waals surface area contributed by atoms with Crippen molar-refractivity contribution >= 4 is 23.8 Å². The van der Waals surface area contributed by atoms with Crippen LogP contribution in [0, 0.1) is 5.41 Å². The lowest BCUT2D eigenvalue weighted by atomic mass is 9.86. The first kappa shape index (κ1) is 16.1. The Hall–Kier alpha value is -1.91. The van der Waals surface area contributed by atoms with Crippen molar-refractivity contribution < 1.29 is 4.79 Å². The van der Waals surface area contributed by atoms with Crippen LogP contribution in [0.1, 0.15) is 44.6 Å². The quantitative estimate of drug-likeness (QED) is 0.509. The van der Waals surface area contributed by atoms with Crippen LogP contribution in [0.25, 0.3) is 0 Å². The molecule has 0 amide bonds. The van der Waals surface area contributed by atoms with E-state index >= 15 is 0 Å². The number of allylic oxidation sites excluding steroid dienone is 1. The van der Waals surface area contributed by atoms with Crippen LogP contribution in [-0.2, 0) is 7.05 Å². The summed E-state index contributed by atoms with van der Waals surface area (Å²) in [5.74, 6) is 1.02. The molecule has 0 saturated carbocycles. The molecule has 0 unspecified atom stereocenters. The van der Waals surface area contributed by atoms with Crippen LogP contribution in [0.3, 0.4) is 0 Å². The van der Waals surface area contributed by atoms with Gasteiger partial charge in [-0.15, -0.1) is 0 Å². The molecule has 0 atom stereocenters. The van der Waals surface area contributed by atoms with E-state index in [1.165, 1.54) is 6.92 Å². The van der Waals surface area contributed by atoms with E-state index in [0.717, 1.165) is 5.57 Å². The zero-order valence-electron chi connectivity index (χ0n) is 13.2. The molecule has 110 valence electrons. The van der Waals surface area contributed by atoms with Gasteiger partial charge >= 0.3 is 0 Å². The number of nitrogens with zero attached hydrogens (tertiary/aromatic N) is 3. The fraction of sp³-hybridized carbons (Fsp3) is 0.533. The predicted molar refractivity (Wildman–Crippen MR) is 84.1 cm³/mol. The lowest BCUT2D eigenvalue weighted by molar-refractivity contribution is 0.101. The fourth-order valence-electron chi connectivity index (χ4n) is 1.74. The Labute approximate surface area is 120 Å². The van der Waals surface area contributed by atoms with Crippen molar-refractivity contribution in [3.8, 4) is 0 Å². The monoisotopic (exact) mass is 276 g/mol. The van der Waals surface area contributed by atoms with Crippen molar-refractivity contribution in [2.75, 3.05) is 12.4 Å². The molecule has 0 radical (unpaired) electrons. The highest BCUT2D eigenvalue weighted by molar-refractivity contribution is 5.97. The van der Waals surface area contributed by atoms with Crippen LogP contribution in [0.2, 0.25) is 0 Å². The van der Waals surface area contributed by atoms with Gasteiger partial charge in [0.05, 0.1) is 0 Å². The third-order valence-electron chi connectivity index (χ3n) is 3.25. The Morgan fingerprint density at radius 2 is 2.10 bits per heavy atom. The summed E-state index contributed by atoms with van der Waals surface area (Å²) in [6.45, 7) is 11.9. The van der Waals surface area contributed by atoms with E-state index in [1.807, 2.05) is 0 Å². The largest absolute Gasteiger partial charge is 0.359 e. The van der Waals surface area contributed by atoms with E-state index in [2.05, 4.69) is 42.6 Å². The van der Waals surface area contributed by atoms with Gasteiger partial charge in [-0.3, -0.25) is 4.79 Å². The first-order valence-electron chi connectivity index (χ1n) is 6.64. The second-order valence-electron chi connectivity index (χ2n) is 5.84. The fourth-order valence-corrected chi connectivity index (χ4v) is 1.74. The van der Waals surface area contributed by atoms with E-state index in [1.54, 1.807) is 24.9 Å². The average molecular weight is 276 g/mol. The van der Waals surface area contributed by atoms with Gasteiger partial charge in [-0.1, -0.05) is 32.9 Å². The molecule has 1 N–H and O–H groups in total. The summed E-state index contributed by atoms with van der Waals surface area (Å²) in [7, 11) is 3.56. The number of Topliss-reactive ketones (excluding diaryl/α,β-unsaturated/α-hetero) is 1. The lowest BCUT2D eigenvalue weighted by Gasteiger charge is -2.20. The minimum absolute atomic E-state index is 0.0513. The number of carbonyl (C=O) groups is 1. The van der Waals surface area contributed by atoms with E-state index in [4.69, 9.17) is 0 Å². The van der Waals surface area contributed by atoms with E-state index in [0.29, 0.717) is 23.9 Å². The Bertz CT molecular complexity index is 547. The SMILES string of the molecule is C=C(CC=Nc1nc(NC)n(C)c1C(C)=O)C(C)(C)C. The van der Waals surface area contributed by atoms with Gasteiger partial charge in [-0.05, 0) is 5.41 Å². The third kappa shape index (κ3) is 3.56. The summed E-state index contributed by atoms with van der Waals surface area (Å²) in [6.07, 6.45) is 2.44. The van der Waals surface area contributed by atoms with Gasteiger partial charge in [0.2, 0.25) is 5.95 Å². The molecule has 0 saturated heterocycles. The highest BCUT2D eigenvalue weighted by Gasteiger charge is 2.17. The number of carbonyl (C=O) groups excluding carboxylic acids is 1. The second-order valence-corrected chi connectivity index (χ2v) is 5.84. The van der Waals surface area contributed by atoms with Gasteiger partial charge in [-0.2, -0.15) is 4.98 Å². The Balaban J connectivity index is 2.98. The van der Waals surface area contributed by atoms with E-state index in [9.17, 15) is 4.79 Å². The van der Waals surface area contributed by atoms with Gasteiger partial charge in [0.15, 0.2) is 11.6 Å². The molecular weight excluding hydrogens is 252 g/mol. The Kier molecular flexibility index (Phi) is 4.87. The molecule has 1 aromatic heterocycles. The van der Waals surface area contributed by atoms with Crippen LogP contribution in [0.5, 0.6) is 0 Å². The number of imidazole rings is 1. The standard InChI is InChI=1S/C15H24N4O/c1-10(15(3,4)5)8-9-17-13-12(11(2)20)19(7)14(16-6)18-13/h9H,1,8H2,2-7H3,(H,16,18). The molecule has 1 rings (SSSR count). The molecule has 0 aromatic carbocycles. The molecule has 1 aromatic rings. The Morgan fingerprint density at radius 1 is 1.50 bits per heavy atom. The highest BCUT2D eigenvalue weighted by atomic mass is 16.1. The van der Waals surface area contributed by atoms with Gasteiger partial charge in [0.1, 0.15) is 5.69 Å². The van der Waals surface area contributed by atoms with Gasteiger partial charge in [0.25, 0.3) is 0 Å². The molecule has 0 spiro atoms. The molecule has 5 nitrogen and oxygen atoms in total. The molecule has 5 heteroatoms. The molecular formula is C15H24N4O. The number of rotatable bonds is 5. The summed E-state index contributed by atoms with van der Waals surface area (Å²) in [5, 5.41) is 2.94. The van der Waals surface area contributed by atoms with Gasteiger partial charge in [0, 0.05) is 33.7 Å². The number of aromatic nitrogens is 2. The number of anilines is 1. The minimum Gasteiger partial charge on any atom is -0.359 e. The summed E-state index contributed by atoms with van der Waals surface area (Å²) >= 11 is 0. The number of ketones is 1. The van der Waals surface area contributed by atoms with Crippen molar-refractivity contribution in [3.05, 3.63) is 17.8 Å². The van der Waals surface area contributed by atoms with Crippen LogP contribution in [-0.4, -0.2) is 28.6 Å². The highest BCUT2D eigenvalue weighted by Crippen LogP contribution is 2.26. The van der Waals surface area contributed by atoms with Crippen LogP contribution in [0.4, 0.5) is 11.8 Å². The van der Waals surface area contributed by atoms with Crippen molar-refractivity contribution in [1.29, 1.82) is 0 Å². The molecule has 0 aliphatic rings. The first-order chi connectivity index (χ1) is 9.18. The minimum atomic E-state index is -0.0525. The van der Waals surface area contributed by atoms with Gasteiger partial charge < -0.3 is 9.88 Å². The first-order valence-corrected chi connectivity index (χ1v) is 6.64. The molecule has 0 bridgehead atoms. The zero-order chi connectivity index (χ0) is 15.5. The van der Waals surface area contributed by atoms with Crippen molar-refractivity contribution in [3.63, 3.8) is 0 Å². The zero-order valence-corrected chi connectivity index (χ0v) is 13.2. The van der Waals surface area contributed by atoms with Crippen molar-refractivity contribution in [1.82, 2.24) is 9.55 Å². The number of hydrogen-bond donors (Lipinski definition) is 1. The maximum atomic E-state index is 11.7. The number of hydrogen-bond acceptors (Lipinski definition) is 4. The number of nitrogens with one attached hydrogen (secondary N) is 1. The normalized spacial score (nSPS) is 11.9. The maximum Gasteiger partial charge on any atom is 0.204 e. The molecule has 0 aliphatic heterocycles. The predicted octanol–water partition coefficient (Wildman–Crippen LogP) is 3.36. The van der Waals surface area contributed by atoms with Crippen LogP contribution >= 0.6 is 0 Å². The summed E-state index contributed by atoms with van der Waals surface area (Å²) < 4.78 is 1.72. The molecule has 0 fully saturated rings.